The van der Waals surface area contributed by atoms with Gasteiger partial charge in [0.25, 0.3) is 0 Å². The third-order valence-corrected chi connectivity index (χ3v) is 7.91. The molecule has 36 heavy (non-hydrogen) atoms. The molecule has 0 spiro atoms. The molecule has 2 aliphatic rings. The minimum Gasteiger partial charge on any atom is -0.369 e. The number of nitrogens with zero attached hydrogens (tertiary/aromatic N) is 3. The normalized spacial score (nSPS) is 20.4. The number of allylic oxidation sites excluding steroid dienone is 2. The summed E-state index contributed by atoms with van der Waals surface area (Å²) in [6.45, 7) is 0.402. The summed E-state index contributed by atoms with van der Waals surface area (Å²) in [5.41, 5.74) is 13.0. The fourth-order valence-corrected chi connectivity index (χ4v) is 5.95. The van der Waals surface area contributed by atoms with E-state index >= 15 is 0 Å². The Morgan fingerprint density at radius 3 is 2.72 bits per heavy atom. The van der Waals surface area contributed by atoms with Crippen molar-refractivity contribution in [3.05, 3.63) is 76.1 Å². The van der Waals surface area contributed by atoms with E-state index in [-0.39, 0.29) is 13.0 Å². The Labute approximate surface area is 208 Å². The Balaban J connectivity index is 1.55. The molecule has 1 atom stereocenters. The van der Waals surface area contributed by atoms with E-state index in [1.54, 1.807) is 6.07 Å². The fraction of sp³-hybridized carbons (Fsp3) is 0.320. The molecule has 1 aromatic carbocycles. The largest absolute Gasteiger partial charge is 0.416 e. The van der Waals surface area contributed by atoms with Crippen LogP contribution in [0.15, 0.2) is 59.3 Å². The number of imidazole rings is 1. The number of thiazole rings is 1. The number of fused-ring (bicyclic) bond motifs is 1. The third-order valence-electron chi connectivity index (χ3n) is 7.14. The summed E-state index contributed by atoms with van der Waals surface area (Å²) in [6.07, 6.45) is 2.52. The average Bonchev–Trinajstić information content (AvgIpc) is 3.43. The van der Waals surface area contributed by atoms with Crippen LogP contribution in [0.1, 0.15) is 36.1 Å². The number of hydrogen-bond donors (Lipinski definition) is 2. The molecule has 0 bridgehead atoms. The zero-order valence-electron chi connectivity index (χ0n) is 19.2. The maximum absolute atomic E-state index is 13.4. The van der Waals surface area contributed by atoms with Gasteiger partial charge < -0.3 is 16.4 Å². The number of urea groups is 1. The fourth-order valence-electron chi connectivity index (χ4n) is 5.23. The Hall–Kier alpha value is -3.60. The number of carbonyl (C=O) groups is 2. The van der Waals surface area contributed by atoms with E-state index in [4.69, 9.17) is 11.5 Å². The van der Waals surface area contributed by atoms with Gasteiger partial charge in [0.2, 0.25) is 5.91 Å². The molecular formula is C25H24F3N5O2S. The second kappa shape index (κ2) is 8.81. The lowest BCUT2D eigenvalue weighted by Gasteiger charge is -2.43. The summed E-state index contributed by atoms with van der Waals surface area (Å²) >= 11 is 1.50. The van der Waals surface area contributed by atoms with Crippen LogP contribution in [0.25, 0.3) is 10.5 Å². The Bertz CT molecular complexity index is 1390. The van der Waals surface area contributed by atoms with Crippen molar-refractivity contribution < 1.29 is 22.8 Å². The van der Waals surface area contributed by atoms with Crippen molar-refractivity contribution in [3.63, 3.8) is 0 Å². The van der Waals surface area contributed by atoms with Crippen LogP contribution in [0, 0.1) is 5.41 Å². The molecular weight excluding hydrogens is 491 g/mol. The van der Waals surface area contributed by atoms with Crippen molar-refractivity contribution >= 4 is 33.8 Å². The van der Waals surface area contributed by atoms with Crippen LogP contribution >= 0.6 is 11.3 Å². The van der Waals surface area contributed by atoms with E-state index in [1.165, 1.54) is 22.3 Å². The van der Waals surface area contributed by atoms with Gasteiger partial charge in [-0.15, -0.1) is 11.3 Å². The maximum Gasteiger partial charge on any atom is 0.416 e. The van der Waals surface area contributed by atoms with Crippen LogP contribution in [-0.4, -0.2) is 39.3 Å². The zero-order chi connectivity index (χ0) is 25.7. The van der Waals surface area contributed by atoms with Crippen molar-refractivity contribution in [2.75, 3.05) is 13.1 Å². The molecule has 2 aromatic heterocycles. The Kier molecular flexibility index (Phi) is 5.90. The highest BCUT2D eigenvalue weighted by molar-refractivity contribution is 7.15. The molecule has 0 saturated carbocycles. The van der Waals surface area contributed by atoms with Gasteiger partial charge >= 0.3 is 12.2 Å². The second-order valence-electron chi connectivity index (χ2n) is 9.14. The summed E-state index contributed by atoms with van der Waals surface area (Å²) in [5, 5.41) is 1.93. The summed E-state index contributed by atoms with van der Waals surface area (Å²) in [5.74, 6) is -0.540. The van der Waals surface area contributed by atoms with Crippen LogP contribution in [0.2, 0.25) is 0 Å². The van der Waals surface area contributed by atoms with Gasteiger partial charge in [-0.3, -0.25) is 9.20 Å². The molecule has 4 N–H and O–H groups in total. The van der Waals surface area contributed by atoms with Crippen LogP contribution < -0.4 is 11.5 Å². The molecule has 1 aliphatic heterocycles. The molecule has 7 nitrogen and oxygen atoms in total. The number of aryl methyl sites for hydroxylation is 1. The first-order chi connectivity index (χ1) is 17.1. The average molecular weight is 516 g/mol. The van der Waals surface area contributed by atoms with Gasteiger partial charge in [-0.1, -0.05) is 18.2 Å². The minimum absolute atomic E-state index is 0.0994. The molecule has 5 rings (SSSR count). The third kappa shape index (κ3) is 4.17. The van der Waals surface area contributed by atoms with Gasteiger partial charge in [0.15, 0.2) is 4.96 Å². The molecule has 1 aliphatic carbocycles. The maximum atomic E-state index is 13.4. The first-order valence-electron chi connectivity index (χ1n) is 11.4. The number of nitrogens with two attached hydrogens (primary N) is 2. The second-order valence-corrected chi connectivity index (χ2v) is 10.0. The molecule has 0 fully saturated rings. The van der Waals surface area contributed by atoms with Crippen molar-refractivity contribution in [3.8, 4) is 0 Å². The molecule has 3 amide bonds. The van der Waals surface area contributed by atoms with Crippen molar-refractivity contribution in [1.29, 1.82) is 0 Å². The van der Waals surface area contributed by atoms with Crippen LogP contribution in [0.3, 0.4) is 0 Å². The van der Waals surface area contributed by atoms with Crippen molar-refractivity contribution in [1.82, 2.24) is 14.3 Å². The lowest BCUT2D eigenvalue weighted by Crippen LogP contribution is -2.49. The highest BCUT2D eigenvalue weighted by Crippen LogP contribution is 2.49. The van der Waals surface area contributed by atoms with E-state index < -0.39 is 29.1 Å². The number of amides is 3. The number of aromatic nitrogens is 2. The van der Waals surface area contributed by atoms with Crippen molar-refractivity contribution in [2.45, 2.75) is 31.9 Å². The van der Waals surface area contributed by atoms with Crippen molar-refractivity contribution in [2.24, 2.45) is 16.9 Å². The number of alkyl halides is 3. The van der Waals surface area contributed by atoms with Crippen LogP contribution in [-0.2, 0) is 17.4 Å². The number of rotatable bonds is 5. The molecule has 3 aromatic rings. The molecule has 0 saturated heterocycles. The van der Waals surface area contributed by atoms with Gasteiger partial charge in [0, 0.05) is 30.9 Å². The van der Waals surface area contributed by atoms with E-state index in [1.807, 2.05) is 28.3 Å². The first-order valence-corrected chi connectivity index (χ1v) is 12.3. The predicted molar refractivity (Wildman–Crippen MR) is 130 cm³/mol. The molecule has 3 heterocycles. The summed E-state index contributed by atoms with van der Waals surface area (Å²) in [4.78, 5) is 31.9. The lowest BCUT2D eigenvalue weighted by molar-refractivity contribution is -0.137. The lowest BCUT2D eigenvalue weighted by atomic mass is 9.64. The standard InChI is InChI=1S/C25H24F3N5O2S/c26-25(27,28)16-3-1-2-15(12-16)18-5-8-24(21(29)34,20-14-32(22(30)35)9-6-19(18)20)7-4-17-13-33-10-11-36-23(33)31-17/h1-3,5,10-13H,4,6-9,14H2,(H2,29,34)(H2,30,35). The number of benzene rings is 1. The molecule has 11 heteroatoms. The van der Waals surface area contributed by atoms with E-state index in [0.717, 1.165) is 28.4 Å². The number of carbonyl (C=O) groups excluding carboxylic acids is 2. The topological polar surface area (TPSA) is 107 Å². The number of hydrogen-bond acceptors (Lipinski definition) is 4. The molecule has 0 radical (unpaired) electrons. The van der Waals surface area contributed by atoms with Gasteiger partial charge in [0.1, 0.15) is 0 Å². The number of primary amides is 2. The minimum atomic E-state index is -4.48. The predicted octanol–water partition coefficient (Wildman–Crippen LogP) is 4.39. The van der Waals surface area contributed by atoms with Gasteiger partial charge in [-0.2, -0.15) is 13.2 Å². The highest BCUT2D eigenvalue weighted by atomic mass is 32.1. The smallest absolute Gasteiger partial charge is 0.369 e. The Morgan fingerprint density at radius 2 is 2.03 bits per heavy atom. The monoisotopic (exact) mass is 515 g/mol. The molecule has 188 valence electrons. The summed E-state index contributed by atoms with van der Waals surface area (Å²) in [7, 11) is 0. The Morgan fingerprint density at radius 1 is 1.22 bits per heavy atom. The highest BCUT2D eigenvalue weighted by Gasteiger charge is 2.46. The van der Waals surface area contributed by atoms with E-state index in [0.29, 0.717) is 42.5 Å². The quantitative estimate of drug-likeness (QED) is 0.526. The van der Waals surface area contributed by atoms with Gasteiger partial charge in [0.05, 0.1) is 16.7 Å². The zero-order valence-corrected chi connectivity index (χ0v) is 20.0. The van der Waals surface area contributed by atoms with Gasteiger partial charge in [-0.05, 0) is 60.1 Å². The van der Waals surface area contributed by atoms with Crippen LogP contribution in [0.4, 0.5) is 18.0 Å². The van der Waals surface area contributed by atoms with E-state index in [9.17, 15) is 22.8 Å². The SMILES string of the molecule is NC(=O)N1CCC2=C(C1)C(CCc1cn3ccsc3n1)(C(N)=O)CC=C2c1cccc(C(F)(F)F)c1. The summed E-state index contributed by atoms with van der Waals surface area (Å²) in [6, 6.07) is 4.52. The molecule has 1 unspecified atom stereocenters. The summed E-state index contributed by atoms with van der Waals surface area (Å²) < 4.78 is 42.1. The van der Waals surface area contributed by atoms with Gasteiger partial charge in [-0.25, -0.2) is 9.78 Å². The van der Waals surface area contributed by atoms with E-state index in [2.05, 4.69) is 4.98 Å². The number of halogens is 3. The first kappa shape index (κ1) is 24.1. The van der Waals surface area contributed by atoms with Crippen LogP contribution in [0.5, 0.6) is 0 Å².